The van der Waals surface area contributed by atoms with E-state index in [9.17, 15) is 9.18 Å². The number of carbonyl (C=O) groups excluding carboxylic acids is 1. The van der Waals surface area contributed by atoms with Gasteiger partial charge in [-0.25, -0.2) is 9.37 Å². The van der Waals surface area contributed by atoms with E-state index in [0.717, 1.165) is 24.7 Å². The van der Waals surface area contributed by atoms with Gasteiger partial charge in [0, 0.05) is 18.7 Å². The van der Waals surface area contributed by atoms with Gasteiger partial charge >= 0.3 is 0 Å². The number of hydrogen-bond acceptors (Lipinski definition) is 5. The second kappa shape index (κ2) is 6.23. The summed E-state index contributed by atoms with van der Waals surface area (Å²) in [6.07, 6.45) is 3.18. The molecule has 2 aliphatic heterocycles. The summed E-state index contributed by atoms with van der Waals surface area (Å²) in [4.78, 5) is 22.2. The second-order valence-corrected chi connectivity index (χ2v) is 7.19. The molecule has 1 amide bonds. The molecule has 0 saturated carbocycles. The summed E-state index contributed by atoms with van der Waals surface area (Å²) in [6, 6.07) is 6.50. The predicted molar refractivity (Wildman–Crippen MR) is 97.7 cm³/mol. The van der Waals surface area contributed by atoms with Crippen LogP contribution >= 0.6 is 0 Å². The number of carbonyl (C=O) groups is 1. The first kappa shape index (κ1) is 16.8. The van der Waals surface area contributed by atoms with Crippen molar-refractivity contribution in [1.82, 2.24) is 14.9 Å². The molecule has 2 aromatic rings. The van der Waals surface area contributed by atoms with Gasteiger partial charge in [-0.2, -0.15) is 4.98 Å². The van der Waals surface area contributed by atoms with Crippen molar-refractivity contribution >= 4 is 23.4 Å². The van der Waals surface area contributed by atoms with Gasteiger partial charge in [0.25, 0.3) is 0 Å². The van der Waals surface area contributed by atoms with Crippen LogP contribution in [0.25, 0.3) is 0 Å². The van der Waals surface area contributed by atoms with Crippen LogP contribution in [0.2, 0.25) is 0 Å². The Morgan fingerprint density at radius 1 is 1.27 bits per heavy atom. The van der Waals surface area contributed by atoms with Crippen molar-refractivity contribution < 1.29 is 9.18 Å². The molecule has 1 fully saturated rings. The van der Waals surface area contributed by atoms with Crippen LogP contribution in [0.3, 0.4) is 0 Å². The molecule has 7 heteroatoms. The van der Waals surface area contributed by atoms with Crippen molar-refractivity contribution in [3.63, 3.8) is 0 Å². The van der Waals surface area contributed by atoms with E-state index in [0.29, 0.717) is 5.95 Å². The van der Waals surface area contributed by atoms with Gasteiger partial charge in [-0.15, -0.1) is 0 Å². The molecule has 0 spiro atoms. The average molecular weight is 355 g/mol. The van der Waals surface area contributed by atoms with Crippen molar-refractivity contribution in [2.75, 3.05) is 10.6 Å². The Kier molecular flexibility index (Phi) is 4.01. The van der Waals surface area contributed by atoms with E-state index in [-0.39, 0.29) is 29.9 Å². The zero-order valence-corrected chi connectivity index (χ0v) is 15.1. The molecule has 136 valence electrons. The maximum Gasteiger partial charge on any atom is 0.229 e. The fraction of sp³-hybridized carbons (Fsp3) is 0.421. The molecule has 0 unspecified atom stereocenters. The van der Waals surface area contributed by atoms with Crippen LogP contribution in [0.1, 0.15) is 56.8 Å². The lowest BCUT2D eigenvalue weighted by Crippen LogP contribution is -2.24. The third-order valence-corrected chi connectivity index (χ3v) is 4.98. The zero-order valence-electron chi connectivity index (χ0n) is 15.1. The van der Waals surface area contributed by atoms with Gasteiger partial charge in [-0.1, -0.05) is 6.07 Å². The number of nitrogens with zero attached hydrogens (tertiary/aromatic N) is 3. The lowest BCUT2D eigenvalue weighted by molar-refractivity contribution is -0.131. The lowest BCUT2D eigenvalue weighted by atomic mass is 9.91. The molecule has 1 aromatic carbocycles. The Labute approximate surface area is 151 Å². The van der Waals surface area contributed by atoms with Gasteiger partial charge in [0.15, 0.2) is 11.6 Å². The molecule has 2 atom stereocenters. The van der Waals surface area contributed by atoms with Crippen molar-refractivity contribution in [1.29, 1.82) is 0 Å². The highest BCUT2D eigenvalue weighted by Gasteiger charge is 2.45. The van der Waals surface area contributed by atoms with Gasteiger partial charge in [0.05, 0.1) is 18.3 Å². The normalized spacial score (nSPS) is 20.4. The smallest absolute Gasteiger partial charge is 0.229 e. The summed E-state index contributed by atoms with van der Waals surface area (Å²) in [5, 5.41) is 6.12. The standard InChI is InChI=1S/C19H22FN5O/c1-10(2)22-18-15(20)9-21-19(24-18)23-12-4-5-13-14(8-12)17-7-6-16(13)25(17)11(3)26/h4-5,8-10,16-17H,6-7H2,1-3H3,(H2,21,22,23,24)/t16-,17+/m0/s1. The number of aromatic nitrogens is 2. The molecule has 6 nitrogen and oxygen atoms in total. The number of halogens is 1. The van der Waals surface area contributed by atoms with Crippen molar-refractivity contribution in [2.45, 2.75) is 51.7 Å². The first-order valence-corrected chi connectivity index (χ1v) is 8.93. The number of nitrogens with one attached hydrogen (secondary N) is 2. The zero-order chi connectivity index (χ0) is 18.4. The van der Waals surface area contributed by atoms with Crippen molar-refractivity contribution in [2.24, 2.45) is 0 Å². The molecule has 0 radical (unpaired) electrons. The largest absolute Gasteiger partial charge is 0.365 e. The molecule has 26 heavy (non-hydrogen) atoms. The van der Waals surface area contributed by atoms with E-state index in [4.69, 9.17) is 0 Å². The number of anilines is 3. The third kappa shape index (κ3) is 2.77. The Morgan fingerprint density at radius 2 is 2.00 bits per heavy atom. The van der Waals surface area contributed by atoms with E-state index in [1.807, 2.05) is 24.8 Å². The minimum atomic E-state index is -0.479. The van der Waals surface area contributed by atoms with Crippen LogP contribution in [-0.4, -0.2) is 26.8 Å². The van der Waals surface area contributed by atoms with Crippen LogP contribution in [0.4, 0.5) is 21.8 Å². The molecule has 2 bridgehead atoms. The van der Waals surface area contributed by atoms with Gasteiger partial charge in [0.2, 0.25) is 11.9 Å². The first-order chi connectivity index (χ1) is 12.4. The Morgan fingerprint density at radius 3 is 2.69 bits per heavy atom. The van der Waals surface area contributed by atoms with E-state index < -0.39 is 5.82 Å². The molecular weight excluding hydrogens is 333 g/mol. The SMILES string of the molecule is CC(=O)N1[C@@H]2CC[C@H]1c1ccc(Nc3ncc(F)c(NC(C)C)n3)cc12. The van der Waals surface area contributed by atoms with Crippen LogP contribution < -0.4 is 10.6 Å². The van der Waals surface area contributed by atoms with Gasteiger partial charge in [-0.3, -0.25) is 4.79 Å². The molecule has 4 rings (SSSR count). The monoisotopic (exact) mass is 355 g/mol. The van der Waals surface area contributed by atoms with Gasteiger partial charge < -0.3 is 15.5 Å². The third-order valence-electron chi connectivity index (χ3n) is 4.98. The molecule has 1 saturated heterocycles. The molecule has 1 aromatic heterocycles. The molecule has 2 aliphatic rings. The maximum atomic E-state index is 13.8. The molecular formula is C19H22FN5O. The van der Waals surface area contributed by atoms with Crippen molar-refractivity contribution in [3.8, 4) is 0 Å². The Hall–Kier alpha value is -2.70. The Bertz CT molecular complexity index is 869. The quantitative estimate of drug-likeness (QED) is 0.870. The number of hydrogen-bond donors (Lipinski definition) is 2. The number of amides is 1. The highest BCUT2D eigenvalue weighted by atomic mass is 19.1. The summed E-state index contributed by atoms with van der Waals surface area (Å²) in [7, 11) is 0. The van der Waals surface area contributed by atoms with Crippen LogP contribution in [0, 0.1) is 5.82 Å². The molecule has 0 aliphatic carbocycles. The highest BCUT2D eigenvalue weighted by molar-refractivity contribution is 5.77. The topological polar surface area (TPSA) is 70.2 Å². The van der Waals surface area contributed by atoms with E-state index >= 15 is 0 Å². The van der Waals surface area contributed by atoms with Crippen molar-refractivity contribution in [3.05, 3.63) is 41.3 Å². The van der Waals surface area contributed by atoms with Crippen LogP contribution in [0.15, 0.2) is 24.4 Å². The predicted octanol–water partition coefficient (Wildman–Crippen LogP) is 3.92. The van der Waals surface area contributed by atoms with Crippen LogP contribution in [0.5, 0.6) is 0 Å². The second-order valence-electron chi connectivity index (χ2n) is 7.19. The summed E-state index contributed by atoms with van der Waals surface area (Å²) < 4.78 is 13.8. The molecule has 2 N–H and O–H groups in total. The fourth-order valence-electron chi connectivity index (χ4n) is 4.04. The number of rotatable bonds is 4. The fourth-order valence-corrected chi connectivity index (χ4v) is 4.04. The highest BCUT2D eigenvalue weighted by Crippen LogP contribution is 2.53. The first-order valence-electron chi connectivity index (χ1n) is 8.93. The average Bonchev–Trinajstić information content (AvgIpc) is 3.14. The summed E-state index contributed by atoms with van der Waals surface area (Å²) in [6.45, 7) is 5.47. The summed E-state index contributed by atoms with van der Waals surface area (Å²) >= 11 is 0. The minimum Gasteiger partial charge on any atom is -0.365 e. The number of fused-ring (bicyclic) bond motifs is 5. The lowest BCUT2D eigenvalue weighted by Gasteiger charge is -2.20. The maximum absolute atomic E-state index is 13.8. The van der Waals surface area contributed by atoms with E-state index in [2.05, 4.69) is 32.7 Å². The summed E-state index contributed by atoms with van der Waals surface area (Å²) in [5.74, 6) is 0.156. The van der Waals surface area contributed by atoms with Crippen LogP contribution in [-0.2, 0) is 4.79 Å². The van der Waals surface area contributed by atoms with Gasteiger partial charge in [-0.05, 0) is 49.9 Å². The summed E-state index contributed by atoms with van der Waals surface area (Å²) in [5.41, 5.74) is 3.25. The van der Waals surface area contributed by atoms with Gasteiger partial charge in [0.1, 0.15) is 0 Å². The van der Waals surface area contributed by atoms with E-state index in [1.165, 1.54) is 11.1 Å². The number of benzene rings is 1. The molecule has 3 heterocycles. The Balaban J connectivity index is 1.59. The van der Waals surface area contributed by atoms with E-state index in [1.54, 1.807) is 6.92 Å². The minimum absolute atomic E-state index is 0.0698.